The van der Waals surface area contributed by atoms with Crippen LogP contribution in [0.4, 0.5) is 18.9 Å². The van der Waals surface area contributed by atoms with Crippen molar-refractivity contribution in [2.45, 2.75) is 11.1 Å². The zero-order valence-corrected chi connectivity index (χ0v) is 10.8. The van der Waals surface area contributed by atoms with Gasteiger partial charge < -0.3 is 11.1 Å². The third-order valence-corrected chi connectivity index (χ3v) is 3.60. The average molecular weight is 305 g/mol. The Morgan fingerprint density at radius 1 is 1.45 bits per heavy atom. The second-order valence-electron chi connectivity index (χ2n) is 3.68. The zero-order chi connectivity index (χ0) is 15.3. The molecule has 0 heterocycles. The predicted molar refractivity (Wildman–Crippen MR) is 65.8 cm³/mol. The molecule has 9 heteroatoms. The molecule has 20 heavy (non-hydrogen) atoms. The molecule has 0 bridgehead atoms. The van der Waals surface area contributed by atoms with E-state index in [1.54, 1.807) is 6.07 Å². The number of nitrogens with one attached hydrogen (secondary N) is 1. The maximum atomic E-state index is 12.4. The summed E-state index contributed by atoms with van der Waals surface area (Å²) >= 11 is 0. The molecule has 1 aromatic carbocycles. The molecule has 0 fully saturated rings. The van der Waals surface area contributed by atoms with Crippen molar-refractivity contribution in [1.29, 1.82) is 5.26 Å². The van der Waals surface area contributed by atoms with Crippen molar-refractivity contribution in [2.75, 3.05) is 18.0 Å². The van der Waals surface area contributed by atoms with Gasteiger partial charge in [-0.1, -0.05) is 0 Å². The van der Waals surface area contributed by atoms with E-state index in [1.165, 1.54) is 0 Å². The van der Waals surface area contributed by atoms with Gasteiger partial charge in [0.2, 0.25) is 5.91 Å². The topological polar surface area (TPSA) is 96.0 Å². The SMILES string of the molecule is N#CCNC(=O)CS(=O)c1ccc(C(F)(F)F)cc1N. The van der Waals surface area contributed by atoms with Crippen LogP contribution in [0.3, 0.4) is 0 Å². The fourth-order valence-electron chi connectivity index (χ4n) is 1.32. The van der Waals surface area contributed by atoms with Crippen LogP contribution >= 0.6 is 0 Å². The van der Waals surface area contributed by atoms with Crippen molar-refractivity contribution < 1.29 is 22.2 Å². The summed E-state index contributed by atoms with van der Waals surface area (Å²) in [5, 5.41) is 10.4. The number of nitrogens with zero attached hydrogens (tertiary/aromatic N) is 1. The molecule has 0 spiro atoms. The summed E-state index contributed by atoms with van der Waals surface area (Å²) in [5.74, 6) is -1.12. The van der Waals surface area contributed by atoms with Crippen LogP contribution in [-0.4, -0.2) is 22.4 Å². The highest BCUT2D eigenvalue weighted by atomic mass is 32.2. The predicted octanol–water partition coefficient (Wildman–Crippen LogP) is 1.03. The van der Waals surface area contributed by atoms with Gasteiger partial charge in [0.15, 0.2) is 0 Å². The highest BCUT2D eigenvalue weighted by Crippen LogP contribution is 2.32. The number of carbonyl (C=O) groups is 1. The van der Waals surface area contributed by atoms with Gasteiger partial charge in [0, 0.05) is 5.69 Å². The summed E-state index contributed by atoms with van der Waals surface area (Å²) in [6.07, 6.45) is -4.54. The zero-order valence-electron chi connectivity index (χ0n) is 10.0. The number of nitrogens with two attached hydrogens (primary N) is 1. The molecule has 0 aliphatic rings. The second kappa shape index (κ2) is 6.38. The van der Waals surface area contributed by atoms with Crippen LogP contribution in [0.25, 0.3) is 0 Å². The summed E-state index contributed by atoms with van der Waals surface area (Å²) in [6.45, 7) is -0.238. The van der Waals surface area contributed by atoms with Crippen molar-refractivity contribution in [2.24, 2.45) is 0 Å². The normalized spacial score (nSPS) is 12.5. The van der Waals surface area contributed by atoms with E-state index in [2.05, 4.69) is 5.32 Å². The Morgan fingerprint density at radius 3 is 2.60 bits per heavy atom. The van der Waals surface area contributed by atoms with Crippen LogP contribution in [0.2, 0.25) is 0 Å². The fourth-order valence-corrected chi connectivity index (χ4v) is 2.36. The van der Waals surface area contributed by atoms with E-state index in [1.807, 2.05) is 0 Å². The first-order chi connectivity index (χ1) is 9.25. The summed E-state index contributed by atoms with van der Waals surface area (Å²) < 4.78 is 49.1. The van der Waals surface area contributed by atoms with Gasteiger partial charge in [-0.2, -0.15) is 18.4 Å². The first-order valence-electron chi connectivity index (χ1n) is 5.24. The third-order valence-electron chi connectivity index (χ3n) is 2.21. The number of rotatable bonds is 4. The number of anilines is 1. The van der Waals surface area contributed by atoms with Crippen LogP contribution in [0.5, 0.6) is 0 Å². The summed E-state index contributed by atoms with van der Waals surface area (Å²) in [7, 11) is -1.88. The van der Waals surface area contributed by atoms with Gasteiger partial charge in [-0.3, -0.25) is 9.00 Å². The summed E-state index contributed by atoms with van der Waals surface area (Å²) in [4.78, 5) is 11.2. The lowest BCUT2D eigenvalue weighted by Gasteiger charge is -2.10. The van der Waals surface area contributed by atoms with Crippen molar-refractivity contribution in [3.8, 4) is 6.07 Å². The monoisotopic (exact) mass is 305 g/mol. The Labute approximate surface area is 115 Å². The molecule has 108 valence electrons. The number of hydrogen-bond donors (Lipinski definition) is 2. The number of nitrogen functional groups attached to an aromatic ring is 1. The first-order valence-corrected chi connectivity index (χ1v) is 6.56. The molecule has 0 saturated heterocycles. The minimum absolute atomic E-state index is 0.0508. The van der Waals surface area contributed by atoms with E-state index in [0.717, 1.165) is 12.1 Å². The minimum Gasteiger partial charge on any atom is -0.398 e. The van der Waals surface area contributed by atoms with Crippen LogP contribution in [0, 0.1) is 11.3 Å². The van der Waals surface area contributed by atoms with E-state index in [0.29, 0.717) is 6.07 Å². The molecule has 5 nitrogen and oxygen atoms in total. The third kappa shape index (κ3) is 4.24. The molecule has 1 unspecified atom stereocenters. The summed E-state index contributed by atoms with van der Waals surface area (Å²) in [6, 6.07) is 4.06. The van der Waals surface area contributed by atoms with E-state index in [4.69, 9.17) is 11.0 Å². The molecule has 0 radical (unpaired) electrons. The number of halogens is 3. The number of carbonyl (C=O) groups excluding carboxylic acids is 1. The lowest BCUT2D eigenvalue weighted by molar-refractivity contribution is -0.137. The maximum Gasteiger partial charge on any atom is 0.416 e. The van der Waals surface area contributed by atoms with E-state index >= 15 is 0 Å². The van der Waals surface area contributed by atoms with Gasteiger partial charge in [0.05, 0.1) is 27.3 Å². The number of amides is 1. The number of benzene rings is 1. The van der Waals surface area contributed by atoms with Crippen LogP contribution < -0.4 is 11.1 Å². The van der Waals surface area contributed by atoms with Crippen molar-refractivity contribution >= 4 is 22.4 Å². The summed E-state index contributed by atoms with van der Waals surface area (Å²) in [5.41, 5.74) is 4.16. The lowest BCUT2D eigenvalue weighted by atomic mass is 10.2. The number of nitriles is 1. The molecule has 1 atom stereocenters. The van der Waals surface area contributed by atoms with Gasteiger partial charge >= 0.3 is 6.18 Å². The van der Waals surface area contributed by atoms with E-state index < -0.39 is 34.2 Å². The van der Waals surface area contributed by atoms with Crippen LogP contribution in [0.1, 0.15) is 5.56 Å². The molecular weight excluding hydrogens is 295 g/mol. The highest BCUT2D eigenvalue weighted by molar-refractivity contribution is 7.86. The lowest BCUT2D eigenvalue weighted by Crippen LogP contribution is -2.28. The first kappa shape index (κ1) is 16.0. The standard InChI is InChI=1S/C11H10F3N3O2S/c12-11(13,14)7-1-2-9(8(16)5-7)20(19)6-10(18)17-4-3-15/h1-2,5H,4,6,16H2,(H,17,18). The molecule has 0 aliphatic heterocycles. The Morgan fingerprint density at radius 2 is 2.10 bits per heavy atom. The quantitative estimate of drug-likeness (QED) is 0.641. The van der Waals surface area contributed by atoms with Crippen LogP contribution in [-0.2, 0) is 21.8 Å². The average Bonchev–Trinajstić information content (AvgIpc) is 2.34. The number of hydrogen-bond acceptors (Lipinski definition) is 4. The Kier molecular flexibility index (Phi) is 5.10. The minimum atomic E-state index is -4.54. The molecule has 0 saturated carbocycles. The second-order valence-corrected chi connectivity index (χ2v) is 5.09. The Balaban J connectivity index is 2.85. The van der Waals surface area contributed by atoms with Gasteiger partial charge in [0.25, 0.3) is 0 Å². The van der Waals surface area contributed by atoms with Gasteiger partial charge in [-0.25, -0.2) is 0 Å². The maximum absolute atomic E-state index is 12.4. The van der Waals surface area contributed by atoms with Crippen LogP contribution in [0.15, 0.2) is 23.1 Å². The molecule has 3 N–H and O–H groups in total. The fraction of sp³-hybridized carbons (Fsp3) is 0.273. The Bertz CT molecular complexity index is 581. The van der Waals surface area contributed by atoms with Gasteiger partial charge in [-0.05, 0) is 18.2 Å². The molecule has 0 aliphatic carbocycles. The van der Waals surface area contributed by atoms with Gasteiger partial charge in [-0.15, -0.1) is 0 Å². The van der Waals surface area contributed by atoms with Crippen molar-refractivity contribution in [1.82, 2.24) is 5.32 Å². The molecule has 1 rings (SSSR count). The van der Waals surface area contributed by atoms with Crippen molar-refractivity contribution in [3.05, 3.63) is 23.8 Å². The van der Waals surface area contributed by atoms with Gasteiger partial charge in [0.1, 0.15) is 12.3 Å². The van der Waals surface area contributed by atoms with E-state index in [-0.39, 0.29) is 17.1 Å². The molecule has 0 aromatic heterocycles. The Hall–Kier alpha value is -2.08. The molecule has 1 aromatic rings. The highest BCUT2D eigenvalue weighted by Gasteiger charge is 2.31. The smallest absolute Gasteiger partial charge is 0.398 e. The number of alkyl halides is 3. The molecule has 1 amide bonds. The van der Waals surface area contributed by atoms with Crippen molar-refractivity contribution in [3.63, 3.8) is 0 Å². The van der Waals surface area contributed by atoms with E-state index in [9.17, 15) is 22.2 Å². The largest absolute Gasteiger partial charge is 0.416 e. The molecular formula is C11H10F3N3O2S.